The van der Waals surface area contributed by atoms with Crippen molar-refractivity contribution in [2.45, 2.75) is 40.2 Å². The van der Waals surface area contributed by atoms with Crippen LogP contribution in [-0.2, 0) is 11.3 Å². The van der Waals surface area contributed by atoms with Crippen LogP contribution in [0.1, 0.15) is 29.9 Å². The Labute approximate surface area is 119 Å². The van der Waals surface area contributed by atoms with Gasteiger partial charge in [-0.1, -0.05) is 0 Å². The van der Waals surface area contributed by atoms with Crippen LogP contribution in [0.4, 0.5) is 5.82 Å². The molecule has 1 saturated carbocycles. The van der Waals surface area contributed by atoms with E-state index in [0.717, 1.165) is 36.7 Å². The van der Waals surface area contributed by atoms with Gasteiger partial charge in [0.1, 0.15) is 17.3 Å². The number of aromatic nitrogens is 3. The van der Waals surface area contributed by atoms with Crippen LogP contribution in [0.2, 0.25) is 0 Å². The van der Waals surface area contributed by atoms with Gasteiger partial charge in [-0.25, -0.2) is 9.97 Å². The zero-order chi connectivity index (χ0) is 14.3. The standard InChI is InChI=1S/C15H22N4O/c1-9-10(2)19(6-7-20-8-12-4-5-12)15-13(9)14(16)17-11(3)18-15/h12H,4-8H2,1-3H3,(H2,16,17,18). The number of anilines is 1. The third kappa shape index (κ3) is 2.38. The lowest BCUT2D eigenvalue weighted by atomic mass is 10.2. The summed E-state index contributed by atoms with van der Waals surface area (Å²) >= 11 is 0. The van der Waals surface area contributed by atoms with Crippen molar-refractivity contribution >= 4 is 16.9 Å². The fourth-order valence-corrected chi connectivity index (χ4v) is 2.64. The Hall–Kier alpha value is -1.62. The number of aryl methyl sites for hydroxylation is 2. The van der Waals surface area contributed by atoms with Crippen molar-refractivity contribution in [2.75, 3.05) is 18.9 Å². The summed E-state index contributed by atoms with van der Waals surface area (Å²) in [6, 6.07) is 0. The summed E-state index contributed by atoms with van der Waals surface area (Å²) in [7, 11) is 0. The van der Waals surface area contributed by atoms with Gasteiger partial charge in [0.05, 0.1) is 12.0 Å². The number of rotatable bonds is 5. The molecule has 0 bridgehead atoms. The van der Waals surface area contributed by atoms with Gasteiger partial charge in [-0.3, -0.25) is 0 Å². The lowest BCUT2D eigenvalue weighted by Gasteiger charge is -2.09. The van der Waals surface area contributed by atoms with E-state index in [1.165, 1.54) is 24.1 Å². The molecule has 1 fully saturated rings. The van der Waals surface area contributed by atoms with Gasteiger partial charge in [0.2, 0.25) is 0 Å². The molecule has 0 atom stereocenters. The number of nitrogens with two attached hydrogens (primary N) is 1. The van der Waals surface area contributed by atoms with E-state index < -0.39 is 0 Å². The van der Waals surface area contributed by atoms with Crippen LogP contribution in [0.3, 0.4) is 0 Å². The minimum absolute atomic E-state index is 0.575. The van der Waals surface area contributed by atoms with Crippen molar-refractivity contribution in [3.8, 4) is 0 Å². The SMILES string of the molecule is Cc1nc(N)c2c(C)c(C)n(CCOCC3CC3)c2n1. The van der Waals surface area contributed by atoms with Gasteiger partial charge in [0.25, 0.3) is 0 Å². The molecule has 5 nitrogen and oxygen atoms in total. The van der Waals surface area contributed by atoms with Gasteiger partial charge in [-0.15, -0.1) is 0 Å². The van der Waals surface area contributed by atoms with E-state index >= 15 is 0 Å². The fourth-order valence-electron chi connectivity index (χ4n) is 2.64. The summed E-state index contributed by atoms with van der Waals surface area (Å²) in [5.41, 5.74) is 9.34. The van der Waals surface area contributed by atoms with E-state index in [0.29, 0.717) is 11.6 Å². The predicted molar refractivity (Wildman–Crippen MR) is 79.7 cm³/mol. The molecule has 2 aromatic rings. The molecule has 5 heteroatoms. The van der Waals surface area contributed by atoms with E-state index in [4.69, 9.17) is 10.5 Å². The number of nitrogen functional groups attached to an aromatic ring is 1. The van der Waals surface area contributed by atoms with E-state index in [-0.39, 0.29) is 0 Å². The summed E-state index contributed by atoms with van der Waals surface area (Å²) in [4.78, 5) is 8.83. The maximum Gasteiger partial charge on any atom is 0.146 e. The third-order valence-corrected chi connectivity index (χ3v) is 4.12. The van der Waals surface area contributed by atoms with Gasteiger partial charge in [-0.05, 0) is 45.1 Å². The first-order chi connectivity index (χ1) is 9.58. The molecular weight excluding hydrogens is 252 g/mol. The largest absolute Gasteiger partial charge is 0.383 e. The highest BCUT2D eigenvalue weighted by Gasteiger charge is 2.21. The van der Waals surface area contributed by atoms with Crippen LogP contribution in [0.15, 0.2) is 0 Å². The van der Waals surface area contributed by atoms with Gasteiger partial charge < -0.3 is 15.0 Å². The zero-order valence-corrected chi connectivity index (χ0v) is 12.4. The molecular formula is C15H22N4O. The average molecular weight is 274 g/mol. The summed E-state index contributed by atoms with van der Waals surface area (Å²) < 4.78 is 7.94. The van der Waals surface area contributed by atoms with Crippen molar-refractivity contribution in [1.29, 1.82) is 0 Å². The van der Waals surface area contributed by atoms with Crippen LogP contribution in [0, 0.1) is 26.7 Å². The molecule has 0 unspecified atom stereocenters. The van der Waals surface area contributed by atoms with Crippen LogP contribution in [0.5, 0.6) is 0 Å². The van der Waals surface area contributed by atoms with Crippen molar-refractivity contribution in [1.82, 2.24) is 14.5 Å². The lowest BCUT2D eigenvalue weighted by Crippen LogP contribution is -2.10. The van der Waals surface area contributed by atoms with Crippen LogP contribution >= 0.6 is 0 Å². The highest BCUT2D eigenvalue weighted by molar-refractivity contribution is 5.91. The van der Waals surface area contributed by atoms with Crippen LogP contribution in [0.25, 0.3) is 11.0 Å². The molecule has 0 radical (unpaired) electrons. The number of fused-ring (bicyclic) bond motifs is 1. The van der Waals surface area contributed by atoms with Crippen molar-refractivity contribution < 1.29 is 4.74 Å². The second-order valence-electron chi connectivity index (χ2n) is 5.74. The summed E-state index contributed by atoms with van der Waals surface area (Å²) in [6.07, 6.45) is 2.65. The second kappa shape index (κ2) is 5.05. The first kappa shape index (κ1) is 13.4. The predicted octanol–water partition coefficient (Wildman–Crippen LogP) is 2.37. The highest BCUT2D eigenvalue weighted by atomic mass is 16.5. The minimum Gasteiger partial charge on any atom is -0.383 e. The molecule has 1 aliphatic rings. The molecule has 0 amide bonds. The first-order valence-corrected chi connectivity index (χ1v) is 7.25. The molecule has 0 aliphatic heterocycles. The Bertz CT molecular complexity index is 643. The molecule has 2 heterocycles. The zero-order valence-electron chi connectivity index (χ0n) is 12.4. The topological polar surface area (TPSA) is 66.0 Å². The molecule has 1 aliphatic carbocycles. The smallest absolute Gasteiger partial charge is 0.146 e. The number of hydrogen-bond acceptors (Lipinski definition) is 4. The number of nitrogens with zero attached hydrogens (tertiary/aromatic N) is 3. The second-order valence-corrected chi connectivity index (χ2v) is 5.74. The normalized spacial score (nSPS) is 15.2. The van der Waals surface area contributed by atoms with Gasteiger partial charge in [-0.2, -0.15) is 0 Å². The van der Waals surface area contributed by atoms with Gasteiger partial charge >= 0.3 is 0 Å². The molecule has 0 saturated heterocycles. The van der Waals surface area contributed by atoms with Crippen molar-refractivity contribution in [2.24, 2.45) is 5.92 Å². The molecule has 0 aromatic carbocycles. The minimum atomic E-state index is 0.575. The van der Waals surface area contributed by atoms with Gasteiger partial charge in [0.15, 0.2) is 0 Å². The van der Waals surface area contributed by atoms with Crippen molar-refractivity contribution in [3.05, 3.63) is 17.1 Å². The Morgan fingerprint density at radius 1 is 1.25 bits per heavy atom. The monoisotopic (exact) mass is 274 g/mol. The van der Waals surface area contributed by atoms with Crippen LogP contribution in [-0.4, -0.2) is 27.7 Å². The maximum atomic E-state index is 6.05. The summed E-state index contributed by atoms with van der Waals surface area (Å²) in [5.74, 6) is 2.10. The number of ether oxygens (including phenoxy) is 1. The van der Waals surface area contributed by atoms with E-state index in [9.17, 15) is 0 Å². The fraction of sp³-hybridized carbons (Fsp3) is 0.600. The quantitative estimate of drug-likeness (QED) is 0.850. The van der Waals surface area contributed by atoms with Crippen LogP contribution < -0.4 is 5.73 Å². The third-order valence-electron chi connectivity index (χ3n) is 4.12. The summed E-state index contributed by atoms with van der Waals surface area (Å²) in [5, 5.41) is 0.982. The van der Waals surface area contributed by atoms with E-state index in [2.05, 4.69) is 28.4 Å². The molecule has 20 heavy (non-hydrogen) atoms. The maximum absolute atomic E-state index is 6.05. The van der Waals surface area contributed by atoms with E-state index in [1.807, 2.05) is 6.92 Å². The van der Waals surface area contributed by atoms with E-state index in [1.54, 1.807) is 0 Å². The molecule has 2 N–H and O–H groups in total. The molecule has 108 valence electrons. The Kier molecular flexibility index (Phi) is 3.38. The molecule has 3 rings (SSSR count). The average Bonchev–Trinajstić information content (AvgIpc) is 3.17. The Morgan fingerprint density at radius 3 is 2.70 bits per heavy atom. The van der Waals surface area contributed by atoms with Gasteiger partial charge in [0, 0.05) is 18.8 Å². The molecule has 0 spiro atoms. The van der Waals surface area contributed by atoms with Crippen molar-refractivity contribution in [3.63, 3.8) is 0 Å². The molecule has 2 aromatic heterocycles. The lowest BCUT2D eigenvalue weighted by molar-refractivity contribution is 0.117. The number of hydrogen-bond donors (Lipinski definition) is 1. The Balaban J connectivity index is 1.86. The Morgan fingerprint density at radius 2 is 2.00 bits per heavy atom. The first-order valence-electron chi connectivity index (χ1n) is 7.25. The highest BCUT2D eigenvalue weighted by Crippen LogP contribution is 2.29. The summed E-state index contributed by atoms with van der Waals surface area (Å²) in [6.45, 7) is 8.50.